The van der Waals surface area contributed by atoms with E-state index in [0.29, 0.717) is 35.6 Å². The quantitative estimate of drug-likeness (QED) is 0.617. The third-order valence-corrected chi connectivity index (χ3v) is 6.31. The second-order valence-electron chi connectivity index (χ2n) is 4.01. The zero-order valence-electron chi connectivity index (χ0n) is 11.3. The van der Waals surface area contributed by atoms with E-state index in [1.807, 2.05) is 13.8 Å². The Balaban J connectivity index is 3.15. The summed E-state index contributed by atoms with van der Waals surface area (Å²) in [6.45, 7) is 3.17. The van der Waals surface area contributed by atoms with Gasteiger partial charge in [-0.25, -0.2) is 4.39 Å². The van der Waals surface area contributed by atoms with Gasteiger partial charge >= 0.3 is 0 Å². The predicted octanol–water partition coefficient (Wildman–Crippen LogP) is 3.07. The second kappa shape index (κ2) is 7.21. The van der Waals surface area contributed by atoms with E-state index in [1.54, 1.807) is 18.2 Å². The summed E-state index contributed by atoms with van der Waals surface area (Å²) in [5.41, 5.74) is 0.609. The Labute approximate surface area is 113 Å². The van der Waals surface area contributed by atoms with Gasteiger partial charge in [0.15, 0.2) is 0 Å². The van der Waals surface area contributed by atoms with Crippen molar-refractivity contribution < 1.29 is 13.7 Å². The average Bonchev–Trinajstić information content (AvgIpc) is 2.45. The fourth-order valence-corrected chi connectivity index (χ4v) is 3.70. The number of hydrogen-bond donors (Lipinski definition) is 1. The monoisotopic (exact) mass is 283 g/mol. The normalized spacial score (nSPS) is 10.8. The Morgan fingerprint density at radius 3 is 2.63 bits per heavy atom. The number of halogens is 1. The molecule has 0 aliphatic heterocycles. The lowest BCUT2D eigenvalue weighted by Gasteiger charge is -2.17. The van der Waals surface area contributed by atoms with Crippen LogP contribution < -0.4 is 15.4 Å². The molecular formula is C14H19FNO2P. The molecule has 0 spiro atoms. The number of anilines is 1. The Kier molecular flexibility index (Phi) is 5.92. The molecular weight excluding hydrogens is 264 g/mol. The number of terminal acetylenes is 1. The fraction of sp³-hybridized carbons (Fsp3) is 0.429. The van der Waals surface area contributed by atoms with Gasteiger partial charge < -0.3 is 14.6 Å². The Hall–Kier alpha value is -1.46. The maximum atomic E-state index is 12.6. The van der Waals surface area contributed by atoms with Crippen LogP contribution in [0.25, 0.3) is 0 Å². The lowest BCUT2D eigenvalue weighted by molar-refractivity contribution is 0.193. The average molecular weight is 283 g/mol. The summed E-state index contributed by atoms with van der Waals surface area (Å²) in [5, 5.41) is 3.66. The van der Waals surface area contributed by atoms with E-state index in [-0.39, 0.29) is 0 Å². The SMILES string of the molecule is C#CCNc1ccc(P(=O)(CC)CC)cc1OCF. The number of nitrogens with one attached hydrogen (secondary N) is 1. The van der Waals surface area contributed by atoms with E-state index in [2.05, 4.69) is 11.2 Å². The second-order valence-corrected chi connectivity index (χ2v) is 7.57. The molecule has 5 heteroatoms. The predicted molar refractivity (Wildman–Crippen MR) is 78.7 cm³/mol. The summed E-state index contributed by atoms with van der Waals surface area (Å²) in [6.07, 6.45) is 6.33. The van der Waals surface area contributed by atoms with Gasteiger partial charge in [-0.1, -0.05) is 19.8 Å². The first kappa shape index (κ1) is 15.6. The van der Waals surface area contributed by atoms with Gasteiger partial charge in [-0.2, -0.15) is 0 Å². The van der Waals surface area contributed by atoms with Gasteiger partial charge in [0.05, 0.1) is 12.2 Å². The third-order valence-electron chi connectivity index (χ3n) is 3.05. The zero-order valence-corrected chi connectivity index (χ0v) is 12.2. The molecule has 1 aromatic carbocycles. The van der Waals surface area contributed by atoms with E-state index < -0.39 is 14.0 Å². The number of benzene rings is 1. The van der Waals surface area contributed by atoms with Crippen LogP contribution in [-0.4, -0.2) is 25.7 Å². The van der Waals surface area contributed by atoms with Crippen molar-refractivity contribution in [3.8, 4) is 18.1 Å². The van der Waals surface area contributed by atoms with E-state index in [9.17, 15) is 8.96 Å². The van der Waals surface area contributed by atoms with Crippen molar-refractivity contribution in [2.24, 2.45) is 0 Å². The first-order valence-electron chi connectivity index (χ1n) is 6.20. The summed E-state index contributed by atoms with van der Waals surface area (Å²) in [4.78, 5) is 0. The van der Waals surface area contributed by atoms with Crippen molar-refractivity contribution >= 4 is 18.1 Å². The van der Waals surface area contributed by atoms with Crippen LogP contribution in [0, 0.1) is 12.3 Å². The maximum absolute atomic E-state index is 12.6. The van der Waals surface area contributed by atoms with Gasteiger partial charge in [-0.05, 0) is 18.2 Å². The van der Waals surface area contributed by atoms with Crippen LogP contribution in [-0.2, 0) is 4.57 Å². The van der Waals surface area contributed by atoms with Crippen molar-refractivity contribution in [1.82, 2.24) is 0 Å². The molecule has 0 radical (unpaired) electrons. The third kappa shape index (κ3) is 3.75. The molecule has 1 N–H and O–H groups in total. The van der Waals surface area contributed by atoms with Crippen molar-refractivity contribution in [3.63, 3.8) is 0 Å². The molecule has 0 fully saturated rings. The topological polar surface area (TPSA) is 38.3 Å². The van der Waals surface area contributed by atoms with Gasteiger partial charge in [0.1, 0.15) is 12.9 Å². The van der Waals surface area contributed by atoms with E-state index in [1.165, 1.54) is 0 Å². The Bertz CT molecular complexity index is 503. The standard InChI is InChI=1S/C14H19FNO2P/c1-4-9-16-13-8-7-12(10-14(13)18-11-15)19(17,5-2)6-3/h1,7-8,10,16H,5-6,9,11H2,2-3H3. The number of rotatable bonds is 7. The molecule has 0 unspecified atom stereocenters. The molecule has 0 aliphatic carbocycles. The Morgan fingerprint density at radius 2 is 2.11 bits per heavy atom. The minimum Gasteiger partial charge on any atom is -0.461 e. The van der Waals surface area contributed by atoms with Crippen molar-refractivity contribution in [3.05, 3.63) is 18.2 Å². The van der Waals surface area contributed by atoms with Crippen LogP contribution in [0.2, 0.25) is 0 Å². The molecule has 0 saturated heterocycles. The number of ether oxygens (including phenoxy) is 1. The first-order valence-corrected chi connectivity index (χ1v) is 8.27. The summed E-state index contributed by atoms with van der Waals surface area (Å²) in [6, 6.07) is 5.17. The van der Waals surface area contributed by atoms with E-state index >= 15 is 0 Å². The maximum Gasteiger partial charge on any atom is 0.228 e. The van der Waals surface area contributed by atoms with Crippen LogP contribution in [0.1, 0.15) is 13.8 Å². The lowest BCUT2D eigenvalue weighted by Crippen LogP contribution is -2.11. The molecule has 0 aromatic heterocycles. The number of alkyl halides is 1. The van der Waals surface area contributed by atoms with Gasteiger partial charge in [-0.15, -0.1) is 6.42 Å². The molecule has 1 rings (SSSR count). The molecule has 1 aromatic rings. The smallest absolute Gasteiger partial charge is 0.228 e. The van der Waals surface area contributed by atoms with Gasteiger partial charge in [-0.3, -0.25) is 0 Å². The molecule has 0 atom stereocenters. The fourth-order valence-electron chi connectivity index (χ4n) is 1.82. The van der Waals surface area contributed by atoms with Crippen LogP contribution >= 0.6 is 7.14 Å². The van der Waals surface area contributed by atoms with E-state index in [4.69, 9.17) is 11.2 Å². The minimum absolute atomic E-state index is 0.321. The van der Waals surface area contributed by atoms with Gasteiger partial charge in [0.25, 0.3) is 0 Å². The largest absolute Gasteiger partial charge is 0.461 e. The highest BCUT2D eigenvalue weighted by molar-refractivity contribution is 7.71. The number of hydrogen-bond acceptors (Lipinski definition) is 3. The summed E-state index contributed by atoms with van der Waals surface area (Å²) < 4.78 is 30.0. The molecule has 0 amide bonds. The van der Waals surface area contributed by atoms with E-state index in [0.717, 1.165) is 0 Å². The molecule has 3 nitrogen and oxygen atoms in total. The molecule has 0 bridgehead atoms. The van der Waals surface area contributed by atoms with Crippen LogP contribution in [0.5, 0.6) is 5.75 Å². The highest BCUT2D eigenvalue weighted by Gasteiger charge is 2.21. The van der Waals surface area contributed by atoms with Crippen molar-refractivity contribution in [1.29, 1.82) is 0 Å². The molecule has 0 aliphatic rings. The summed E-state index contributed by atoms with van der Waals surface area (Å²) in [5.74, 6) is 2.78. The highest BCUT2D eigenvalue weighted by Crippen LogP contribution is 2.44. The lowest BCUT2D eigenvalue weighted by atomic mass is 10.3. The summed E-state index contributed by atoms with van der Waals surface area (Å²) >= 11 is 0. The molecule has 19 heavy (non-hydrogen) atoms. The van der Waals surface area contributed by atoms with Crippen LogP contribution in [0.3, 0.4) is 0 Å². The zero-order chi connectivity index (χ0) is 14.3. The van der Waals surface area contributed by atoms with Crippen LogP contribution in [0.4, 0.5) is 10.1 Å². The summed E-state index contributed by atoms with van der Waals surface area (Å²) in [7, 11) is -2.40. The van der Waals surface area contributed by atoms with Crippen LogP contribution in [0.15, 0.2) is 18.2 Å². The Morgan fingerprint density at radius 1 is 1.42 bits per heavy atom. The molecule has 0 heterocycles. The molecule has 0 saturated carbocycles. The van der Waals surface area contributed by atoms with Crippen molar-refractivity contribution in [2.75, 3.05) is 31.0 Å². The van der Waals surface area contributed by atoms with Gasteiger partial charge in [0.2, 0.25) is 6.86 Å². The van der Waals surface area contributed by atoms with Gasteiger partial charge in [0, 0.05) is 17.6 Å². The van der Waals surface area contributed by atoms with Crippen molar-refractivity contribution in [2.45, 2.75) is 13.8 Å². The first-order chi connectivity index (χ1) is 9.11. The highest BCUT2D eigenvalue weighted by atomic mass is 31.2. The minimum atomic E-state index is -2.40. The molecule has 104 valence electrons.